The number of aliphatic hydroxyl groups excluding tert-OH is 1. The highest BCUT2D eigenvalue weighted by Crippen LogP contribution is 2.21. The molecule has 0 bridgehead atoms. The lowest BCUT2D eigenvalue weighted by Crippen LogP contribution is -1.97. The summed E-state index contributed by atoms with van der Waals surface area (Å²) in [6.45, 7) is 0. The van der Waals surface area contributed by atoms with Gasteiger partial charge in [-0.3, -0.25) is 0 Å². The fourth-order valence-electron chi connectivity index (χ4n) is 1.69. The minimum atomic E-state index is -0.737. The van der Waals surface area contributed by atoms with Crippen molar-refractivity contribution in [3.05, 3.63) is 60.4 Å². The van der Waals surface area contributed by atoms with Crippen molar-refractivity contribution in [3.63, 3.8) is 0 Å². The van der Waals surface area contributed by atoms with Crippen LogP contribution in [-0.2, 0) is 0 Å². The smallest absolute Gasteiger partial charge is 0.137 e. The van der Waals surface area contributed by atoms with Gasteiger partial charge >= 0.3 is 0 Å². The van der Waals surface area contributed by atoms with Crippen molar-refractivity contribution >= 4 is 5.65 Å². The van der Waals surface area contributed by atoms with E-state index in [9.17, 15) is 5.11 Å². The summed E-state index contributed by atoms with van der Waals surface area (Å²) in [5.41, 5.74) is 2.15. The molecule has 1 atom stereocenters. The average Bonchev–Trinajstić information content (AvgIpc) is 2.97. The fourth-order valence-corrected chi connectivity index (χ4v) is 1.69. The zero-order valence-electron chi connectivity index (χ0n) is 8.45. The molecule has 3 aromatic heterocycles. The number of rotatable bonds is 2. The lowest BCUT2D eigenvalue weighted by atomic mass is 10.1. The van der Waals surface area contributed by atoms with Gasteiger partial charge in [-0.25, -0.2) is 4.98 Å². The summed E-state index contributed by atoms with van der Waals surface area (Å²) >= 11 is 0. The van der Waals surface area contributed by atoms with E-state index in [-0.39, 0.29) is 0 Å². The van der Waals surface area contributed by atoms with Gasteiger partial charge in [0.2, 0.25) is 0 Å². The van der Waals surface area contributed by atoms with E-state index < -0.39 is 6.10 Å². The number of imidazole rings is 1. The Labute approximate surface area is 91.8 Å². The first-order valence-corrected chi connectivity index (χ1v) is 4.98. The van der Waals surface area contributed by atoms with Crippen LogP contribution in [0.2, 0.25) is 0 Å². The number of aliphatic hydroxyl groups is 1. The molecule has 0 radical (unpaired) electrons. The summed E-state index contributed by atoms with van der Waals surface area (Å²) in [6, 6.07) is 7.46. The van der Waals surface area contributed by atoms with Crippen LogP contribution >= 0.6 is 0 Å². The van der Waals surface area contributed by atoms with Gasteiger partial charge in [0.25, 0.3) is 0 Å². The molecular formula is C12H10N2O2. The minimum absolute atomic E-state index is 0.618. The van der Waals surface area contributed by atoms with Gasteiger partial charge in [-0.1, -0.05) is 6.07 Å². The van der Waals surface area contributed by atoms with E-state index >= 15 is 0 Å². The van der Waals surface area contributed by atoms with Crippen molar-refractivity contribution in [3.8, 4) is 0 Å². The van der Waals surface area contributed by atoms with Crippen molar-refractivity contribution < 1.29 is 9.52 Å². The second kappa shape index (κ2) is 3.50. The van der Waals surface area contributed by atoms with E-state index in [1.807, 2.05) is 35.0 Å². The van der Waals surface area contributed by atoms with Crippen LogP contribution in [0.4, 0.5) is 0 Å². The number of hydrogen-bond donors (Lipinski definition) is 1. The fraction of sp³-hybridized carbons (Fsp3) is 0.0833. The highest BCUT2D eigenvalue weighted by Gasteiger charge is 2.14. The number of nitrogens with zero attached hydrogens (tertiary/aromatic N) is 2. The molecule has 0 aliphatic heterocycles. The van der Waals surface area contributed by atoms with Crippen LogP contribution in [0.25, 0.3) is 5.65 Å². The molecule has 16 heavy (non-hydrogen) atoms. The Morgan fingerprint density at radius 1 is 1.31 bits per heavy atom. The van der Waals surface area contributed by atoms with Crippen LogP contribution in [-0.4, -0.2) is 14.5 Å². The Kier molecular flexibility index (Phi) is 2.01. The molecule has 3 aromatic rings. The molecule has 0 aliphatic carbocycles. The molecule has 1 N–H and O–H groups in total. The second-order valence-electron chi connectivity index (χ2n) is 3.59. The third-order valence-electron chi connectivity index (χ3n) is 2.52. The molecule has 0 aliphatic rings. The highest BCUT2D eigenvalue weighted by molar-refractivity contribution is 5.40. The molecule has 0 saturated carbocycles. The van der Waals surface area contributed by atoms with Gasteiger partial charge < -0.3 is 13.9 Å². The van der Waals surface area contributed by atoms with E-state index in [0.29, 0.717) is 11.3 Å². The second-order valence-corrected chi connectivity index (χ2v) is 3.59. The molecule has 3 heterocycles. The van der Waals surface area contributed by atoms with Crippen molar-refractivity contribution in [2.45, 2.75) is 6.10 Å². The Balaban J connectivity index is 2.06. The van der Waals surface area contributed by atoms with E-state index in [0.717, 1.165) is 5.65 Å². The Bertz CT molecular complexity index is 565. The van der Waals surface area contributed by atoms with E-state index in [4.69, 9.17) is 4.42 Å². The summed E-state index contributed by atoms with van der Waals surface area (Å²) < 4.78 is 6.81. The third-order valence-corrected chi connectivity index (χ3v) is 2.52. The molecule has 1 unspecified atom stereocenters. The van der Waals surface area contributed by atoms with E-state index in [1.54, 1.807) is 6.07 Å². The number of pyridine rings is 1. The predicted octanol–water partition coefficient (Wildman–Crippen LogP) is 2.01. The van der Waals surface area contributed by atoms with Gasteiger partial charge in [-0.15, -0.1) is 0 Å². The first-order chi connectivity index (χ1) is 7.84. The van der Waals surface area contributed by atoms with Gasteiger partial charge in [0.1, 0.15) is 11.8 Å². The predicted molar refractivity (Wildman–Crippen MR) is 58.0 cm³/mol. The molecule has 0 amide bonds. The monoisotopic (exact) mass is 214 g/mol. The van der Waals surface area contributed by atoms with Crippen molar-refractivity contribution in [1.29, 1.82) is 0 Å². The van der Waals surface area contributed by atoms with Crippen molar-refractivity contribution in [2.75, 3.05) is 0 Å². The van der Waals surface area contributed by atoms with Crippen LogP contribution in [0, 0.1) is 0 Å². The summed E-state index contributed by atoms with van der Waals surface area (Å²) in [4.78, 5) is 4.34. The first kappa shape index (κ1) is 9.18. The molecule has 0 fully saturated rings. The van der Waals surface area contributed by atoms with Crippen LogP contribution < -0.4 is 0 Å². The van der Waals surface area contributed by atoms with Crippen molar-refractivity contribution in [2.24, 2.45) is 0 Å². The largest absolute Gasteiger partial charge is 0.472 e. The summed E-state index contributed by atoms with van der Waals surface area (Å²) in [5, 5.41) is 10.0. The lowest BCUT2D eigenvalue weighted by Gasteiger charge is -2.02. The van der Waals surface area contributed by atoms with Crippen LogP contribution in [0.1, 0.15) is 17.4 Å². The lowest BCUT2D eigenvalue weighted by molar-refractivity contribution is 0.215. The zero-order chi connectivity index (χ0) is 11.0. The Morgan fingerprint density at radius 3 is 3.00 bits per heavy atom. The van der Waals surface area contributed by atoms with Gasteiger partial charge in [0, 0.05) is 18.0 Å². The SMILES string of the molecule is OC(c1ccoc1)c1cn2ccccc2n1. The molecule has 4 heteroatoms. The maximum absolute atomic E-state index is 10.0. The molecule has 0 spiro atoms. The molecule has 4 nitrogen and oxygen atoms in total. The minimum Gasteiger partial charge on any atom is -0.472 e. The van der Waals surface area contributed by atoms with Gasteiger partial charge in [0.15, 0.2) is 0 Å². The maximum atomic E-state index is 10.0. The quantitative estimate of drug-likeness (QED) is 0.709. The number of fused-ring (bicyclic) bond motifs is 1. The Hall–Kier alpha value is -2.07. The topological polar surface area (TPSA) is 50.7 Å². The Morgan fingerprint density at radius 2 is 2.25 bits per heavy atom. The van der Waals surface area contributed by atoms with Crippen LogP contribution in [0.3, 0.4) is 0 Å². The van der Waals surface area contributed by atoms with Gasteiger partial charge in [0.05, 0.1) is 18.2 Å². The number of aromatic nitrogens is 2. The first-order valence-electron chi connectivity index (χ1n) is 4.98. The average molecular weight is 214 g/mol. The van der Waals surface area contributed by atoms with Crippen LogP contribution in [0.15, 0.2) is 53.6 Å². The molecular weight excluding hydrogens is 204 g/mol. The standard InChI is InChI=1S/C12H10N2O2/c15-12(9-4-6-16-8-9)10-7-14-5-2-1-3-11(14)13-10/h1-8,12,15H. The summed E-state index contributed by atoms with van der Waals surface area (Å²) in [7, 11) is 0. The molecule has 0 saturated heterocycles. The number of hydrogen-bond acceptors (Lipinski definition) is 3. The normalized spacial score (nSPS) is 13.1. The van der Waals surface area contributed by atoms with E-state index in [2.05, 4.69) is 4.98 Å². The van der Waals surface area contributed by atoms with Crippen LogP contribution in [0.5, 0.6) is 0 Å². The van der Waals surface area contributed by atoms with Crippen molar-refractivity contribution in [1.82, 2.24) is 9.38 Å². The third kappa shape index (κ3) is 1.40. The maximum Gasteiger partial charge on any atom is 0.137 e. The summed E-state index contributed by atoms with van der Waals surface area (Å²) in [6.07, 6.45) is 6.03. The molecule has 80 valence electrons. The zero-order valence-corrected chi connectivity index (χ0v) is 8.45. The number of furan rings is 1. The van der Waals surface area contributed by atoms with Gasteiger partial charge in [-0.2, -0.15) is 0 Å². The molecule has 3 rings (SSSR count). The van der Waals surface area contributed by atoms with Gasteiger partial charge in [-0.05, 0) is 18.2 Å². The highest BCUT2D eigenvalue weighted by atomic mass is 16.3. The summed E-state index contributed by atoms with van der Waals surface area (Å²) in [5.74, 6) is 0. The van der Waals surface area contributed by atoms with E-state index in [1.165, 1.54) is 12.5 Å². The molecule has 0 aromatic carbocycles.